The molecule has 1 aliphatic heterocycles. The number of hydrogen-bond acceptors (Lipinski definition) is 1. The standard InChI is InChI=1S/C10H16O/c1-2-3-4-8-5-10-6-9(8)7-11-10/h5,9-10H,2-4,6-7H2,1H3. The van der Waals surface area contributed by atoms with E-state index in [9.17, 15) is 0 Å². The van der Waals surface area contributed by atoms with E-state index in [4.69, 9.17) is 4.74 Å². The van der Waals surface area contributed by atoms with Gasteiger partial charge in [-0.1, -0.05) is 25.0 Å². The number of ether oxygens (including phenoxy) is 1. The molecule has 0 aromatic heterocycles. The van der Waals surface area contributed by atoms with Crippen LogP contribution in [0.15, 0.2) is 11.6 Å². The van der Waals surface area contributed by atoms with Crippen LogP contribution in [0, 0.1) is 5.92 Å². The third-order valence-corrected chi connectivity index (χ3v) is 2.77. The van der Waals surface area contributed by atoms with Crippen molar-refractivity contribution in [2.24, 2.45) is 5.92 Å². The van der Waals surface area contributed by atoms with Crippen LogP contribution in [0.5, 0.6) is 0 Å². The summed E-state index contributed by atoms with van der Waals surface area (Å²) < 4.78 is 5.49. The van der Waals surface area contributed by atoms with Crippen LogP contribution in [-0.4, -0.2) is 12.7 Å². The summed E-state index contributed by atoms with van der Waals surface area (Å²) in [7, 11) is 0. The number of unbranched alkanes of at least 4 members (excludes halogenated alkanes) is 1. The second kappa shape index (κ2) is 2.98. The zero-order chi connectivity index (χ0) is 7.68. The molecule has 1 heteroatoms. The largest absolute Gasteiger partial charge is 0.373 e. The first kappa shape index (κ1) is 7.35. The minimum Gasteiger partial charge on any atom is -0.373 e. The van der Waals surface area contributed by atoms with Gasteiger partial charge < -0.3 is 4.74 Å². The molecule has 1 nitrogen and oxygen atoms in total. The Bertz CT molecular complexity index is 172. The molecular weight excluding hydrogens is 136 g/mol. The van der Waals surface area contributed by atoms with E-state index in [-0.39, 0.29) is 0 Å². The minimum absolute atomic E-state index is 0.492. The Hall–Kier alpha value is -0.300. The van der Waals surface area contributed by atoms with Crippen LogP contribution in [0.4, 0.5) is 0 Å². The highest BCUT2D eigenvalue weighted by Crippen LogP contribution is 2.37. The second-order valence-electron chi connectivity index (χ2n) is 3.65. The van der Waals surface area contributed by atoms with Gasteiger partial charge in [-0.05, 0) is 19.3 Å². The van der Waals surface area contributed by atoms with Crippen LogP contribution < -0.4 is 0 Å². The van der Waals surface area contributed by atoms with Crippen molar-refractivity contribution in [2.75, 3.05) is 6.61 Å². The van der Waals surface area contributed by atoms with E-state index in [1.54, 1.807) is 5.57 Å². The number of hydrogen-bond donors (Lipinski definition) is 0. The summed E-state index contributed by atoms with van der Waals surface area (Å²) in [6.45, 7) is 3.25. The minimum atomic E-state index is 0.492. The molecule has 2 rings (SSSR count). The van der Waals surface area contributed by atoms with Gasteiger partial charge in [0.2, 0.25) is 0 Å². The molecule has 1 aliphatic carbocycles. The van der Waals surface area contributed by atoms with E-state index in [1.165, 1.54) is 25.7 Å². The van der Waals surface area contributed by atoms with Crippen molar-refractivity contribution in [3.8, 4) is 0 Å². The summed E-state index contributed by atoms with van der Waals surface area (Å²) >= 11 is 0. The van der Waals surface area contributed by atoms with E-state index in [2.05, 4.69) is 13.0 Å². The van der Waals surface area contributed by atoms with Gasteiger partial charge in [0.15, 0.2) is 0 Å². The van der Waals surface area contributed by atoms with Gasteiger partial charge in [0.1, 0.15) is 0 Å². The summed E-state index contributed by atoms with van der Waals surface area (Å²) in [6.07, 6.45) is 8.11. The number of rotatable bonds is 3. The molecule has 2 unspecified atom stereocenters. The van der Waals surface area contributed by atoms with Crippen LogP contribution in [0.25, 0.3) is 0 Å². The van der Waals surface area contributed by atoms with Crippen molar-refractivity contribution >= 4 is 0 Å². The maximum absolute atomic E-state index is 5.49. The normalized spacial score (nSPS) is 34.5. The van der Waals surface area contributed by atoms with Crippen molar-refractivity contribution in [2.45, 2.75) is 38.7 Å². The number of fused-ring (bicyclic) bond motifs is 2. The molecule has 0 spiro atoms. The maximum Gasteiger partial charge on any atom is 0.0765 e. The summed E-state index contributed by atoms with van der Waals surface area (Å²) in [5.74, 6) is 0.798. The molecule has 2 bridgehead atoms. The third-order valence-electron chi connectivity index (χ3n) is 2.77. The van der Waals surface area contributed by atoms with Gasteiger partial charge in [-0.15, -0.1) is 0 Å². The van der Waals surface area contributed by atoms with Crippen LogP contribution in [0.2, 0.25) is 0 Å². The van der Waals surface area contributed by atoms with Crippen LogP contribution >= 0.6 is 0 Å². The quantitative estimate of drug-likeness (QED) is 0.565. The van der Waals surface area contributed by atoms with Gasteiger partial charge in [-0.2, -0.15) is 0 Å². The van der Waals surface area contributed by atoms with E-state index in [0.29, 0.717) is 6.10 Å². The summed E-state index contributed by atoms with van der Waals surface area (Å²) in [4.78, 5) is 0. The zero-order valence-electron chi connectivity index (χ0n) is 7.18. The Morgan fingerprint density at radius 2 is 2.55 bits per heavy atom. The van der Waals surface area contributed by atoms with Crippen molar-refractivity contribution in [1.82, 2.24) is 0 Å². The van der Waals surface area contributed by atoms with E-state index < -0.39 is 0 Å². The fraction of sp³-hybridized carbons (Fsp3) is 0.800. The third kappa shape index (κ3) is 1.34. The lowest BCUT2D eigenvalue weighted by molar-refractivity contribution is 0.132. The highest BCUT2D eigenvalue weighted by atomic mass is 16.5. The van der Waals surface area contributed by atoms with Gasteiger partial charge in [0.25, 0.3) is 0 Å². The first-order valence-electron chi connectivity index (χ1n) is 4.72. The Balaban J connectivity index is 1.90. The average molecular weight is 152 g/mol. The van der Waals surface area contributed by atoms with Crippen molar-refractivity contribution in [3.63, 3.8) is 0 Å². The Morgan fingerprint density at radius 3 is 3.09 bits per heavy atom. The van der Waals surface area contributed by atoms with E-state index in [1.807, 2.05) is 0 Å². The van der Waals surface area contributed by atoms with Gasteiger partial charge in [-0.3, -0.25) is 0 Å². The Kier molecular flexibility index (Phi) is 1.99. The molecule has 1 heterocycles. The summed E-state index contributed by atoms with van der Waals surface area (Å²) in [5, 5.41) is 0. The van der Waals surface area contributed by atoms with Gasteiger partial charge in [0, 0.05) is 5.92 Å². The SMILES string of the molecule is CCCCC1=CC2CC1CO2. The first-order valence-corrected chi connectivity index (χ1v) is 4.72. The average Bonchev–Trinajstić information content (AvgIpc) is 2.60. The Morgan fingerprint density at radius 1 is 1.64 bits per heavy atom. The molecule has 0 N–H and O–H groups in total. The van der Waals surface area contributed by atoms with E-state index in [0.717, 1.165) is 12.5 Å². The summed E-state index contributed by atoms with van der Waals surface area (Å²) in [6, 6.07) is 0. The van der Waals surface area contributed by atoms with Gasteiger partial charge in [0.05, 0.1) is 12.7 Å². The summed E-state index contributed by atoms with van der Waals surface area (Å²) in [5.41, 5.74) is 1.68. The van der Waals surface area contributed by atoms with Crippen LogP contribution in [0.3, 0.4) is 0 Å². The fourth-order valence-electron chi connectivity index (χ4n) is 2.07. The molecular formula is C10H16O. The highest BCUT2D eigenvalue weighted by molar-refractivity contribution is 5.19. The molecule has 11 heavy (non-hydrogen) atoms. The van der Waals surface area contributed by atoms with Crippen molar-refractivity contribution in [3.05, 3.63) is 11.6 Å². The lowest BCUT2D eigenvalue weighted by Crippen LogP contribution is -2.06. The smallest absolute Gasteiger partial charge is 0.0765 e. The molecule has 0 saturated carbocycles. The molecule has 1 fully saturated rings. The molecule has 62 valence electrons. The molecule has 2 atom stereocenters. The lowest BCUT2D eigenvalue weighted by Gasteiger charge is -2.12. The van der Waals surface area contributed by atoms with Gasteiger partial charge >= 0.3 is 0 Å². The maximum atomic E-state index is 5.49. The lowest BCUT2D eigenvalue weighted by atomic mass is 9.99. The molecule has 0 amide bonds. The molecule has 0 radical (unpaired) electrons. The van der Waals surface area contributed by atoms with Crippen molar-refractivity contribution < 1.29 is 4.74 Å². The van der Waals surface area contributed by atoms with Gasteiger partial charge in [-0.25, -0.2) is 0 Å². The van der Waals surface area contributed by atoms with Crippen molar-refractivity contribution in [1.29, 1.82) is 0 Å². The fourth-order valence-corrected chi connectivity index (χ4v) is 2.07. The monoisotopic (exact) mass is 152 g/mol. The molecule has 0 aromatic rings. The van der Waals surface area contributed by atoms with E-state index >= 15 is 0 Å². The zero-order valence-corrected chi connectivity index (χ0v) is 7.18. The highest BCUT2D eigenvalue weighted by Gasteiger charge is 2.32. The topological polar surface area (TPSA) is 9.23 Å². The molecule has 2 aliphatic rings. The van der Waals surface area contributed by atoms with Crippen LogP contribution in [0.1, 0.15) is 32.6 Å². The second-order valence-corrected chi connectivity index (χ2v) is 3.65. The molecule has 1 saturated heterocycles. The van der Waals surface area contributed by atoms with Crippen LogP contribution in [-0.2, 0) is 4.74 Å². The predicted molar refractivity (Wildman–Crippen MR) is 45.5 cm³/mol. The predicted octanol–water partition coefficient (Wildman–Crippen LogP) is 2.52. The first-order chi connectivity index (χ1) is 5.40. The Labute approximate surface area is 68.4 Å². The molecule has 0 aromatic carbocycles.